The number of halogens is 2. The molecule has 0 N–H and O–H groups in total. The van der Waals surface area contributed by atoms with E-state index >= 15 is 0 Å². The number of piperidine rings is 1. The molecule has 1 aliphatic heterocycles. The summed E-state index contributed by atoms with van der Waals surface area (Å²) in [5.74, 6) is 2.09. The Morgan fingerprint density at radius 2 is 1.76 bits per heavy atom. The molecule has 0 atom stereocenters. The second-order valence-electron chi connectivity index (χ2n) is 4.99. The van der Waals surface area contributed by atoms with Crippen molar-refractivity contribution >= 4 is 15.9 Å². The molecule has 0 bridgehead atoms. The van der Waals surface area contributed by atoms with Gasteiger partial charge in [0.25, 0.3) is 0 Å². The van der Waals surface area contributed by atoms with Crippen LogP contribution in [-0.4, -0.2) is 51.5 Å². The molecule has 2 rings (SSSR count). The highest BCUT2D eigenvalue weighted by atomic mass is 79.9. The maximum Gasteiger partial charge on any atom is 0.140 e. The van der Waals surface area contributed by atoms with Crippen LogP contribution in [0, 0.1) is 0 Å². The van der Waals surface area contributed by atoms with E-state index in [2.05, 4.69) is 20.8 Å². The van der Waals surface area contributed by atoms with E-state index < -0.39 is 0 Å². The van der Waals surface area contributed by atoms with Crippen LogP contribution < -0.4 is 14.2 Å². The van der Waals surface area contributed by atoms with Crippen molar-refractivity contribution in [2.24, 2.45) is 0 Å². The number of rotatable bonds is 6. The summed E-state index contributed by atoms with van der Waals surface area (Å²) in [7, 11) is 3.22. The molecule has 4 nitrogen and oxygen atoms in total. The number of benzene rings is 1. The van der Waals surface area contributed by atoms with Gasteiger partial charge in [-0.15, -0.1) is 0 Å². The van der Waals surface area contributed by atoms with Crippen molar-refractivity contribution in [2.75, 3.05) is 40.5 Å². The number of likely N-dealkylation sites (tertiary alicyclic amines) is 1. The van der Waals surface area contributed by atoms with E-state index in [1.54, 1.807) is 14.2 Å². The van der Waals surface area contributed by atoms with Crippen molar-refractivity contribution < 1.29 is 18.6 Å². The van der Waals surface area contributed by atoms with Crippen LogP contribution in [0.25, 0.3) is 0 Å². The zero-order valence-electron chi connectivity index (χ0n) is 12.4. The summed E-state index contributed by atoms with van der Waals surface area (Å²) < 4.78 is 29.7. The monoisotopic (exact) mass is 361 g/mol. The molecular weight excluding hydrogens is 341 g/mol. The zero-order chi connectivity index (χ0) is 15.2. The lowest BCUT2D eigenvalue weighted by atomic mass is 10.1. The first-order chi connectivity index (χ1) is 10.2. The van der Waals surface area contributed by atoms with Crippen molar-refractivity contribution in [2.45, 2.75) is 18.9 Å². The Balaban J connectivity index is 2.00. The van der Waals surface area contributed by atoms with Crippen LogP contribution in [0.2, 0.25) is 0 Å². The van der Waals surface area contributed by atoms with Crippen molar-refractivity contribution in [1.82, 2.24) is 4.90 Å². The SMILES string of the molecule is COc1cc(OC2CCN(CCF)CC2)cc(OC)c1Br. The first-order valence-electron chi connectivity index (χ1n) is 7.04. The number of nitrogens with zero attached hydrogens (tertiary/aromatic N) is 1. The molecule has 1 fully saturated rings. The molecule has 0 aliphatic carbocycles. The van der Waals surface area contributed by atoms with Gasteiger partial charge in [-0.1, -0.05) is 0 Å². The Morgan fingerprint density at radius 3 is 2.24 bits per heavy atom. The van der Waals surface area contributed by atoms with Crippen LogP contribution in [-0.2, 0) is 0 Å². The van der Waals surface area contributed by atoms with Gasteiger partial charge in [0, 0.05) is 31.8 Å². The Morgan fingerprint density at radius 1 is 1.19 bits per heavy atom. The highest BCUT2D eigenvalue weighted by molar-refractivity contribution is 9.10. The van der Waals surface area contributed by atoms with E-state index in [-0.39, 0.29) is 12.8 Å². The van der Waals surface area contributed by atoms with Gasteiger partial charge < -0.3 is 19.1 Å². The molecule has 118 valence electrons. The van der Waals surface area contributed by atoms with E-state index in [9.17, 15) is 4.39 Å². The molecule has 1 saturated heterocycles. The molecule has 1 aliphatic rings. The number of alkyl halides is 1. The average molecular weight is 362 g/mol. The summed E-state index contributed by atoms with van der Waals surface area (Å²) in [4.78, 5) is 2.13. The molecule has 0 aromatic heterocycles. The normalized spacial score (nSPS) is 16.8. The standard InChI is InChI=1S/C15H21BrFNO3/c1-19-13-9-12(10-14(20-2)15(13)16)21-11-3-6-18(7-4-11)8-5-17/h9-11H,3-8H2,1-2H3. The summed E-state index contributed by atoms with van der Waals surface area (Å²) in [6.07, 6.45) is 1.96. The first kappa shape index (κ1) is 16.4. The minimum Gasteiger partial charge on any atom is -0.495 e. The van der Waals surface area contributed by atoms with Gasteiger partial charge in [-0.2, -0.15) is 0 Å². The Labute approximate surface area is 133 Å². The predicted molar refractivity (Wildman–Crippen MR) is 83.3 cm³/mol. The molecule has 6 heteroatoms. The molecule has 1 aromatic carbocycles. The predicted octanol–water partition coefficient (Wildman–Crippen LogP) is 3.28. The van der Waals surface area contributed by atoms with Crippen LogP contribution in [0.3, 0.4) is 0 Å². The minimum atomic E-state index is -0.285. The van der Waals surface area contributed by atoms with Crippen molar-refractivity contribution in [1.29, 1.82) is 0 Å². The molecule has 21 heavy (non-hydrogen) atoms. The van der Waals surface area contributed by atoms with Gasteiger partial charge in [-0.3, -0.25) is 0 Å². The molecule has 0 amide bonds. The lowest BCUT2D eigenvalue weighted by molar-refractivity contribution is 0.0964. The van der Waals surface area contributed by atoms with Crippen LogP contribution >= 0.6 is 15.9 Å². The third kappa shape index (κ3) is 4.23. The van der Waals surface area contributed by atoms with Gasteiger partial charge in [0.2, 0.25) is 0 Å². The Hall–Kier alpha value is -1.01. The topological polar surface area (TPSA) is 30.9 Å². The van der Waals surface area contributed by atoms with Crippen molar-refractivity contribution in [3.05, 3.63) is 16.6 Å². The van der Waals surface area contributed by atoms with Gasteiger partial charge >= 0.3 is 0 Å². The third-order valence-corrected chi connectivity index (χ3v) is 4.44. The van der Waals surface area contributed by atoms with Gasteiger partial charge in [-0.25, -0.2) is 4.39 Å². The summed E-state index contributed by atoms with van der Waals surface area (Å²) in [6.45, 7) is 1.98. The average Bonchev–Trinajstić information content (AvgIpc) is 2.51. The number of hydrogen-bond acceptors (Lipinski definition) is 4. The van der Waals surface area contributed by atoms with Gasteiger partial charge in [0.05, 0.1) is 14.2 Å². The fourth-order valence-electron chi connectivity index (χ4n) is 2.48. The zero-order valence-corrected chi connectivity index (χ0v) is 14.0. The molecule has 0 spiro atoms. The second-order valence-corrected chi connectivity index (χ2v) is 5.78. The highest BCUT2D eigenvalue weighted by Gasteiger charge is 2.21. The van der Waals surface area contributed by atoms with E-state index in [4.69, 9.17) is 14.2 Å². The fraction of sp³-hybridized carbons (Fsp3) is 0.600. The molecule has 0 saturated carbocycles. The van der Waals surface area contributed by atoms with Crippen LogP contribution in [0.5, 0.6) is 17.2 Å². The minimum absolute atomic E-state index is 0.149. The highest BCUT2D eigenvalue weighted by Crippen LogP contribution is 2.39. The summed E-state index contributed by atoms with van der Waals surface area (Å²) in [5, 5.41) is 0. The van der Waals surface area contributed by atoms with Gasteiger partial charge in [0.15, 0.2) is 0 Å². The van der Waals surface area contributed by atoms with Crippen LogP contribution in [0.1, 0.15) is 12.8 Å². The smallest absolute Gasteiger partial charge is 0.140 e. The number of hydrogen-bond donors (Lipinski definition) is 0. The summed E-state index contributed by atoms with van der Waals surface area (Å²) in [5.41, 5.74) is 0. The van der Waals surface area contributed by atoms with E-state index in [0.29, 0.717) is 18.0 Å². The lowest BCUT2D eigenvalue weighted by Crippen LogP contribution is -2.39. The molecule has 0 radical (unpaired) electrons. The van der Waals surface area contributed by atoms with E-state index in [1.807, 2.05) is 12.1 Å². The molecule has 0 unspecified atom stereocenters. The maximum atomic E-state index is 12.3. The van der Waals surface area contributed by atoms with Gasteiger partial charge in [0.1, 0.15) is 34.5 Å². The Bertz CT molecular complexity index is 439. The third-order valence-electron chi connectivity index (χ3n) is 3.66. The summed E-state index contributed by atoms with van der Waals surface area (Å²) in [6, 6.07) is 3.70. The molecular formula is C15H21BrFNO3. The van der Waals surface area contributed by atoms with E-state index in [1.165, 1.54) is 0 Å². The van der Waals surface area contributed by atoms with Crippen molar-refractivity contribution in [3.63, 3.8) is 0 Å². The van der Waals surface area contributed by atoms with Gasteiger partial charge in [-0.05, 0) is 28.8 Å². The molecule has 1 aromatic rings. The lowest BCUT2D eigenvalue weighted by Gasteiger charge is -2.31. The van der Waals surface area contributed by atoms with Crippen LogP contribution in [0.15, 0.2) is 16.6 Å². The maximum absolute atomic E-state index is 12.3. The Kier molecular flexibility index (Phi) is 6.11. The van der Waals surface area contributed by atoms with Crippen LogP contribution in [0.4, 0.5) is 4.39 Å². The molecule has 1 heterocycles. The largest absolute Gasteiger partial charge is 0.495 e. The quantitative estimate of drug-likeness (QED) is 0.777. The first-order valence-corrected chi connectivity index (χ1v) is 7.83. The van der Waals surface area contributed by atoms with E-state index in [0.717, 1.165) is 36.2 Å². The fourth-order valence-corrected chi connectivity index (χ4v) is 3.03. The number of ether oxygens (including phenoxy) is 3. The second kappa shape index (κ2) is 7.84. The van der Waals surface area contributed by atoms with Crippen molar-refractivity contribution in [3.8, 4) is 17.2 Å². The summed E-state index contributed by atoms with van der Waals surface area (Å²) >= 11 is 3.44. The number of methoxy groups -OCH3 is 2.